The Morgan fingerprint density at radius 1 is 0.612 bits per heavy atom. The first-order chi connectivity index (χ1) is 23.5. The highest BCUT2D eigenvalue weighted by atomic mass is 32.2. The van der Waals surface area contributed by atoms with Gasteiger partial charge in [0.05, 0.1) is 6.61 Å². The summed E-state index contributed by atoms with van der Waals surface area (Å²) in [6.45, 7) is 3.70. The van der Waals surface area contributed by atoms with Crippen LogP contribution in [0.15, 0.2) is 0 Å². The van der Waals surface area contributed by atoms with Gasteiger partial charge < -0.3 is 34.3 Å². The molecule has 1 rings (SSSR count). The van der Waals surface area contributed by atoms with E-state index in [1.807, 2.05) is 0 Å². The summed E-state index contributed by atoms with van der Waals surface area (Å²) in [4.78, 5) is 25.1. The maximum absolute atomic E-state index is 12.7. The largest absolute Gasteiger partial charge is 0.462 e. The van der Waals surface area contributed by atoms with Crippen LogP contribution in [0, 0.1) is 0 Å². The summed E-state index contributed by atoms with van der Waals surface area (Å²) in [5, 5.41) is 30.7. The van der Waals surface area contributed by atoms with Gasteiger partial charge in [0.15, 0.2) is 12.4 Å². The Bertz CT molecular complexity index is 946. The molecule has 1 aliphatic heterocycles. The van der Waals surface area contributed by atoms with E-state index in [1.165, 1.54) is 83.5 Å². The van der Waals surface area contributed by atoms with Crippen LogP contribution in [-0.4, -0.2) is 96.0 Å². The molecule has 1 saturated heterocycles. The summed E-state index contributed by atoms with van der Waals surface area (Å²) in [5.41, 5.74) is 0. The van der Waals surface area contributed by atoms with Crippen molar-refractivity contribution in [2.75, 3.05) is 19.0 Å². The quantitative estimate of drug-likeness (QED) is 0.0363. The van der Waals surface area contributed by atoms with Gasteiger partial charge in [-0.25, -0.2) is 0 Å². The van der Waals surface area contributed by atoms with Crippen LogP contribution in [0.2, 0.25) is 0 Å². The zero-order valence-corrected chi connectivity index (χ0v) is 31.1. The van der Waals surface area contributed by atoms with Crippen molar-refractivity contribution < 1.29 is 56.8 Å². The van der Waals surface area contributed by atoms with Crippen LogP contribution in [0.25, 0.3) is 0 Å². The first-order valence-electron chi connectivity index (χ1n) is 19.1. The highest BCUT2D eigenvalue weighted by molar-refractivity contribution is 7.85. The van der Waals surface area contributed by atoms with Gasteiger partial charge in [-0.3, -0.25) is 14.1 Å². The Balaban J connectivity index is 2.53. The van der Waals surface area contributed by atoms with Crippen molar-refractivity contribution >= 4 is 22.1 Å². The Labute approximate surface area is 295 Å². The molecule has 2 unspecified atom stereocenters. The lowest BCUT2D eigenvalue weighted by molar-refractivity contribution is -0.297. The van der Waals surface area contributed by atoms with Crippen molar-refractivity contribution in [3.63, 3.8) is 0 Å². The molecular formula is C36H68O12S. The third-order valence-electron chi connectivity index (χ3n) is 8.94. The molecule has 0 spiro atoms. The maximum Gasteiger partial charge on any atom is 0.306 e. The van der Waals surface area contributed by atoms with Gasteiger partial charge >= 0.3 is 11.9 Å². The molecule has 0 aliphatic carbocycles. The summed E-state index contributed by atoms with van der Waals surface area (Å²) >= 11 is 0. The summed E-state index contributed by atoms with van der Waals surface area (Å²) in [6.07, 6.45) is 14.6. The molecule has 49 heavy (non-hydrogen) atoms. The van der Waals surface area contributed by atoms with Gasteiger partial charge in [-0.1, -0.05) is 136 Å². The second kappa shape index (κ2) is 28.3. The lowest BCUT2D eigenvalue weighted by atomic mass is 10.00. The minimum absolute atomic E-state index is 0.171. The SMILES string of the molecule is CCCCCCCCCCCCCCC(=O)O[C@H](COC(=O)CCCCCCCCCCC)CO[C@H]1O[C@H](CS(=O)(=O)O)[C@@H](O)C(O)C1O. The molecule has 13 heteroatoms. The Hall–Kier alpha value is -1.35. The number of aliphatic hydroxyl groups excluding tert-OH is 3. The van der Waals surface area contributed by atoms with Gasteiger partial charge in [0.1, 0.15) is 36.8 Å². The zero-order valence-electron chi connectivity index (χ0n) is 30.3. The van der Waals surface area contributed by atoms with Crippen LogP contribution in [0.5, 0.6) is 0 Å². The second-order valence-electron chi connectivity index (χ2n) is 13.6. The predicted molar refractivity (Wildman–Crippen MR) is 187 cm³/mol. The van der Waals surface area contributed by atoms with Gasteiger partial charge in [-0.15, -0.1) is 0 Å². The summed E-state index contributed by atoms with van der Waals surface area (Å²) in [6, 6.07) is 0. The normalized spacial score (nSPS) is 21.8. The third-order valence-corrected chi connectivity index (χ3v) is 9.69. The van der Waals surface area contributed by atoms with E-state index < -0.39 is 71.2 Å². The van der Waals surface area contributed by atoms with E-state index in [2.05, 4.69) is 13.8 Å². The minimum atomic E-state index is -4.59. The van der Waals surface area contributed by atoms with E-state index in [1.54, 1.807) is 0 Å². The fraction of sp³-hybridized carbons (Fsp3) is 0.944. The standard InChI is InChI=1S/C36H68O12S/c1-3-5-7-9-11-13-14-15-17-19-21-23-25-32(38)47-29(26-45-31(37)24-22-20-18-16-12-10-8-6-4-2)27-46-36-35(41)34(40)33(39)30(48-36)28-49(42,43)44/h29-30,33-36,39-41H,3-28H2,1-2H3,(H,42,43,44)/t29-,30-,33-,34?,35?,36+/m1/s1. The van der Waals surface area contributed by atoms with E-state index in [0.717, 1.165) is 38.5 Å². The number of aliphatic hydroxyl groups is 3. The molecular weight excluding hydrogens is 656 g/mol. The van der Waals surface area contributed by atoms with Crippen LogP contribution in [0.4, 0.5) is 0 Å². The van der Waals surface area contributed by atoms with E-state index in [0.29, 0.717) is 12.8 Å². The van der Waals surface area contributed by atoms with Gasteiger partial charge in [-0.05, 0) is 12.8 Å². The van der Waals surface area contributed by atoms with Crippen LogP contribution >= 0.6 is 0 Å². The number of carbonyl (C=O) groups is 2. The molecule has 0 amide bonds. The average molecular weight is 725 g/mol. The molecule has 0 saturated carbocycles. The number of hydrogen-bond donors (Lipinski definition) is 4. The highest BCUT2D eigenvalue weighted by Gasteiger charge is 2.46. The highest BCUT2D eigenvalue weighted by Crippen LogP contribution is 2.24. The number of unbranched alkanes of at least 4 members (excludes halogenated alkanes) is 19. The number of esters is 2. The van der Waals surface area contributed by atoms with Crippen LogP contribution in [-0.2, 0) is 38.7 Å². The molecule has 4 N–H and O–H groups in total. The maximum atomic E-state index is 12.7. The molecule has 12 nitrogen and oxygen atoms in total. The molecule has 0 radical (unpaired) electrons. The van der Waals surface area contributed by atoms with Crippen molar-refractivity contribution in [2.24, 2.45) is 0 Å². The van der Waals surface area contributed by atoms with Crippen molar-refractivity contribution in [3.8, 4) is 0 Å². The molecule has 0 bridgehead atoms. The number of hydrogen-bond acceptors (Lipinski definition) is 11. The van der Waals surface area contributed by atoms with Crippen molar-refractivity contribution in [1.82, 2.24) is 0 Å². The Kier molecular flexibility index (Phi) is 26.3. The van der Waals surface area contributed by atoms with Gasteiger partial charge in [-0.2, -0.15) is 8.42 Å². The summed E-state index contributed by atoms with van der Waals surface area (Å²) in [7, 11) is -4.59. The lowest BCUT2D eigenvalue weighted by Crippen LogP contribution is -2.60. The van der Waals surface area contributed by atoms with Crippen LogP contribution in [0.1, 0.15) is 162 Å². The van der Waals surface area contributed by atoms with E-state index in [9.17, 15) is 37.9 Å². The van der Waals surface area contributed by atoms with E-state index >= 15 is 0 Å². The second-order valence-corrected chi connectivity index (χ2v) is 15.1. The summed E-state index contributed by atoms with van der Waals surface area (Å²) < 4.78 is 53.7. The lowest BCUT2D eigenvalue weighted by Gasteiger charge is -2.40. The minimum Gasteiger partial charge on any atom is -0.462 e. The average Bonchev–Trinajstić information content (AvgIpc) is 3.05. The number of rotatable bonds is 31. The predicted octanol–water partition coefficient (Wildman–Crippen LogP) is 6.17. The van der Waals surface area contributed by atoms with E-state index in [-0.39, 0.29) is 19.4 Å². The molecule has 0 aromatic carbocycles. The first kappa shape index (κ1) is 45.7. The van der Waals surface area contributed by atoms with Gasteiger partial charge in [0.2, 0.25) is 0 Å². The number of carbonyl (C=O) groups excluding carboxylic acids is 2. The van der Waals surface area contributed by atoms with Gasteiger partial charge in [0.25, 0.3) is 10.1 Å². The molecule has 0 aromatic rings. The fourth-order valence-electron chi connectivity index (χ4n) is 5.91. The van der Waals surface area contributed by atoms with Crippen molar-refractivity contribution in [3.05, 3.63) is 0 Å². The van der Waals surface area contributed by atoms with Crippen LogP contribution < -0.4 is 0 Å². The van der Waals surface area contributed by atoms with Crippen molar-refractivity contribution in [2.45, 2.75) is 198 Å². The smallest absolute Gasteiger partial charge is 0.306 e. The fourth-order valence-corrected chi connectivity index (χ4v) is 6.60. The molecule has 1 heterocycles. The topological polar surface area (TPSA) is 186 Å². The third kappa shape index (κ3) is 23.7. The first-order valence-corrected chi connectivity index (χ1v) is 20.7. The molecule has 290 valence electrons. The zero-order chi connectivity index (χ0) is 36.3. The number of ether oxygens (including phenoxy) is 4. The van der Waals surface area contributed by atoms with E-state index in [4.69, 9.17) is 18.9 Å². The molecule has 1 fully saturated rings. The summed E-state index contributed by atoms with van der Waals surface area (Å²) in [5.74, 6) is -1.97. The molecule has 1 aliphatic rings. The van der Waals surface area contributed by atoms with Crippen molar-refractivity contribution in [1.29, 1.82) is 0 Å². The Morgan fingerprint density at radius 2 is 1.04 bits per heavy atom. The molecule has 0 aromatic heterocycles. The van der Waals surface area contributed by atoms with Crippen LogP contribution in [0.3, 0.4) is 0 Å². The Morgan fingerprint density at radius 3 is 1.49 bits per heavy atom. The monoisotopic (exact) mass is 724 g/mol. The van der Waals surface area contributed by atoms with Gasteiger partial charge in [0, 0.05) is 12.8 Å². The molecule has 6 atom stereocenters.